The van der Waals surface area contributed by atoms with Gasteiger partial charge in [0, 0.05) is 42.2 Å². The second-order valence-corrected chi connectivity index (χ2v) is 8.57. The van der Waals surface area contributed by atoms with E-state index in [2.05, 4.69) is 48.4 Å². The Labute approximate surface area is 195 Å². The monoisotopic (exact) mass is 455 g/mol. The summed E-state index contributed by atoms with van der Waals surface area (Å²) in [6.45, 7) is 10.1. The number of hydrogen-bond donors (Lipinski definition) is 2. The first-order chi connectivity index (χ1) is 15.7. The number of hydrogen-bond acceptors (Lipinski definition) is 7. The molecule has 1 amide bonds. The van der Waals surface area contributed by atoms with Gasteiger partial charge in [-0.15, -0.1) is 0 Å². The SMILES string of the molecule is COc1ccc(NCC(=O)N/N=C\c2cc([N+](=O)[O-])ccc2N(CC(C)C)CC(C)C)cc1. The molecule has 2 N–H and O–H groups in total. The molecule has 0 aromatic heterocycles. The molecule has 0 unspecified atom stereocenters. The van der Waals surface area contributed by atoms with Gasteiger partial charge >= 0.3 is 0 Å². The molecular formula is C24H33N5O4. The molecule has 0 aliphatic carbocycles. The van der Waals surface area contributed by atoms with Gasteiger partial charge in [-0.3, -0.25) is 14.9 Å². The minimum atomic E-state index is -0.437. The Hall–Kier alpha value is -3.62. The van der Waals surface area contributed by atoms with Crippen molar-refractivity contribution in [1.29, 1.82) is 0 Å². The van der Waals surface area contributed by atoms with Gasteiger partial charge in [0.15, 0.2) is 0 Å². The van der Waals surface area contributed by atoms with Gasteiger partial charge < -0.3 is 15.0 Å². The van der Waals surface area contributed by atoms with Crippen LogP contribution in [0.15, 0.2) is 47.6 Å². The molecule has 0 atom stereocenters. The van der Waals surface area contributed by atoms with Gasteiger partial charge in [0.1, 0.15) is 5.75 Å². The molecule has 0 aliphatic rings. The fraction of sp³-hybridized carbons (Fsp3) is 0.417. The lowest BCUT2D eigenvalue weighted by Gasteiger charge is -2.29. The van der Waals surface area contributed by atoms with E-state index in [-0.39, 0.29) is 18.1 Å². The molecular weight excluding hydrogens is 422 g/mol. The number of carbonyl (C=O) groups excluding carboxylic acids is 1. The Morgan fingerprint density at radius 2 is 1.76 bits per heavy atom. The zero-order valence-corrected chi connectivity index (χ0v) is 19.9. The predicted molar refractivity (Wildman–Crippen MR) is 132 cm³/mol. The number of ether oxygens (including phenoxy) is 1. The van der Waals surface area contributed by atoms with E-state index in [0.29, 0.717) is 17.4 Å². The second-order valence-electron chi connectivity index (χ2n) is 8.57. The molecule has 0 spiro atoms. The van der Waals surface area contributed by atoms with Crippen LogP contribution >= 0.6 is 0 Å². The van der Waals surface area contributed by atoms with E-state index in [4.69, 9.17) is 4.74 Å². The standard InChI is InChI=1S/C24H33N5O4/c1-17(2)15-28(16-18(3)4)23-11-8-21(29(31)32)12-19(23)13-26-27-24(30)14-25-20-6-9-22(33-5)10-7-20/h6-13,17-18,25H,14-16H2,1-5H3,(H,27,30)/b26-13-. The molecule has 2 aromatic rings. The van der Waals surface area contributed by atoms with Gasteiger partial charge in [-0.05, 0) is 42.2 Å². The number of hydrazone groups is 1. The Bertz CT molecular complexity index is 948. The summed E-state index contributed by atoms with van der Waals surface area (Å²) in [5.41, 5.74) is 4.64. The van der Waals surface area contributed by atoms with Crippen molar-refractivity contribution < 1.29 is 14.5 Å². The summed E-state index contributed by atoms with van der Waals surface area (Å²) >= 11 is 0. The van der Waals surface area contributed by atoms with Crippen molar-refractivity contribution in [3.05, 3.63) is 58.1 Å². The first kappa shape index (κ1) is 25.6. The van der Waals surface area contributed by atoms with Crippen LogP contribution in [0.25, 0.3) is 0 Å². The summed E-state index contributed by atoms with van der Waals surface area (Å²) in [4.78, 5) is 25.2. The summed E-state index contributed by atoms with van der Waals surface area (Å²) in [6.07, 6.45) is 1.46. The van der Waals surface area contributed by atoms with E-state index in [0.717, 1.165) is 30.2 Å². The number of non-ortho nitro benzene ring substituents is 1. The molecule has 0 saturated heterocycles. The number of nitrogens with one attached hydrogen (secondary N) is 2. The topological polar surface area (TPSA) is 109 Å². The van der Waals surface area contributed by atoms with E-state index < -0.39 is 4.92 Å². The average molecular weight is 456 g/mol. The molecule has 0 heterocycles. The van der Waals surface area contributed by atoms with E-state index in [1.165, 1.54) is 18.3 Å². The van der Waals surface area contributed by atoms with Crippen LogP contribution in [0.4, 0.5) is 17.1 Å². The molecule has 2 rings (SSSR count). The van der Waals surface area contributed by atoms with Gasteiger partial charge in [0.2, 0.25) is 0 Å². The number of nitro benzene ring substituents is 1. The quantitative estimate of drug-likeness (QED) is 0.281. The molecule has 0 bridgehead atoms. The van der Waals surface area contributed by atoms with Gasteiger partial charge in [-0.25, -0.2) is 5.43 Å². The highest BCUT2D eigenvalue weighted by Crippen LogP contribution is 2.26. The van der Waals surface area contributed by atoms with Crippen LogP contribution < -0.4 is 20.4 Å². The number of rotatable bonds is 12. The molecule has 33 heavy (non-hydrogen) atoms. The normalized spacial score (nSPS) is 11.1. The van der Waals surface area contributed by atoms with E-state index in [1.807, 2.05) is 12.1 Å². The third kappa shape index (κ3) is 8.44. The highest BCUT2D eigenvalue weighted by molar-refractivity contribution is 5.90. The smallest absolute Gasteiger partial charge is 0.270 e. The molecule has 9 nitrogen and oxygen atoms in total. The minimum absolute atomic E-state index is 0.0261. The largest absolute Gasteiger partial charge is 0.497 e. The summed E-state index contributed by atoms with van der Waals surface area (Å²) < 4.78 is 5.11. The van der Waals surface area contributed by atoms with Crippen LogP contribution in [0, 0.1) is 22.0 Å². The fourth-order valence-electron chi connectivity index (χ4n) is 3.30. The van der Waals surface area contributed by atoms with Crippen LogP contribution in [0.1, 0.15) is 33.3 Å². The van der Waals surface area contributed by atoms with E-state index >= 15 is 0 Å². The van der Waals surface area contributed by atoms with E-state index in [9.17, 15) is 14.9 Å². The zero-order valence-electron chi connectivity index (χ0n) is 19.9. The molecule has 0 radical (unpaired) electrons. The maximum atomic E-state index is 12.2. The van der Waals surface area contributed by atoms with Gasteiger partial charge in [0.25, 0.3) is 11.6 Å². The van der Waals surface area contributed by atoms with Crippen molar-refractivity contribution in [3.8, 4) is 5.75 Å². The molecule has 2 aromatic carbocycles. The van der Waals surface area contributed by atoms with Crippen molar-refractivity contribution in [1.82, 2.24) is 5.43 Å². The summed E-state index contributed by atoms with van der Waals surface area (Å²) in [5, 5.41) is 18.3. The van der Waals surface area contributed by atoms with Crippen molar-refractivity contribution in [2.75, 3.05) is 37.0 Å². The number of methoxy groups -OCH3 is 1. The first-order valence-electron chi connectivity index (χ1n) is 10.9. The van der Waals surface area contributed by atoms with Gasteiger partial charge in [-0.1, -0.05) is 27.7 Å². The van der Waals surface area contributed by atoms with Crippen molar-refractivity contribution >= 4 is 29.2 Å². The Balaban J connectivity index is 2.12. The van der Waals surface area contributed by atoms with Crippen LogP contribution in [-0.2, 0) is 4.79 Å². The van der Waals surface area contributed by atoms with Crippen LogP contribution in [0.5, 0.6) is 5.75 Å². The van der Waals surface area contributed by atoms with Crippen LogP contribution in [0.3, 0.4) is 0 Å². The highest BCUT2D eigenvalue weighted by Gasteiger charge is 2.17. The Morgan fingerprint density at radius 1 is 1.12 bits per heavy atom. The number of nitrogens with zero attached hydrogens (tertiary/aromatic N) is 3. The lowest BCUT2D eigenvalue weighted by atomic mass is 10.1. The Kier molecular flexibility index (Phi) is 9.65. The third-order valence-electron chi connectivity index (χ3n) is 4.67. The molecule has 0 saturated carbocycles. The van der Waals surface area contributed by atoms with Gasteiger partial charge in [0.05, 0.1) is 24.8 Å². The lowest BCUT2D eigenvalue weighted by molar-refractivity contribution is -0.384. The van der Waals surface area contributed by atoms with Crippen LogP contribution in [-0.4, -0.2) is 43.8 Å². The summed E-state index contributed by atoms with van der Waals surface area (Å²) in [5.74, 6) is 1.21. The van der Waals surface area contributed by atoms with Crippen LogP contribution in [0.2, 0.25) is 0 Å². The van der Waals surface area contributed by atoms with E-state index in [1.54, 1.807) is 25.3 Å². The number of carbonyl (C=O) groups is 1. The minimum Gasteiger partial charge on any atom is -0.497 e. The second kappa shape index (κ2) is 12.4. The highest BCUT2D eigenvalue weighted by atomic mass is 16.6. The van der Waals surface area contributed by atoms with Crippen molar-refractivity contribution in [2.24, 2.45) is 16.9 Å². The van der Waals surface area contributed by atoms with Crippen molar-refractivity contribution in [3.63, 3.8) is 0 Å². The fourth-order valence-corrected chi connectivity index (χ4v) is 3.30. The van der Waals surface area contributed by atoms with Gasteiger partial charge in [-0.2, -0.15) is 5.10 Å². The predicted octanol–water partition coefficient (Wildman–Crippen LogP) is 4.28. The summed E-state index contributed by atoms with van der Waals surface area (Å²) in [6, 6.07) is 11.9. The zero-order chi connectivity index (χ0) is 24.4. The Morgan fingerprint density at radius 3 is 2.30 bits per heavy atom. The number of benzene rings is 2. The maximum absolute atomic E-state index is 12.2. The number of amides is 1. The average Bonchev–Trinajstić information content (AvgIpc) is 2.76. The molecule has 0 fully saturated rings. The first-order valence-corrected chi connectivity index (χ1v) is 10.9. The maximum Gasteiger partial charge on any atom is 0.270 e. The molecule has 9 heteroatoms. The molecule has 0 aliphatic heterocycles. The number of anilines is 2. The summed E-state index contributed by atoms with van der Waals surface area (Å²) in [7, 11) is 1.59. The third-order valence-corrected chi connectivity index (χ3v) is 4.67. The number of nitro groups is 1. The molecule has 178 valence electrons. The van der Waals surface area contributed by atoms with Crippen molar-refractivity contribution in [2.45, 2.75) is 27.7 Å². The lowest BCUT2D eigenvalue weighted by Crippen LogP contribution is -2.32.